The molecule has 0 bridgehead atoms. The number of hydrogen-bond donors (Lipinski definition) is 3. The Morgan fingerprint density at radius 2 is 1.79 bits per heavy atom. The maximum Gasteiger partial charge on any atom is 0.124 e. The molecule has 2 rings (SSSR count). The molecule has 3 nitrogen and oxygen atoms in total. The maximum atomic E-state index is 6.03. The van der Waals surface area contributed by atoms with Crippen LogP contribution in [0.15, 0.2) is 0 Å². The van der Waals surface area contributed by atoms with E-state index in [0.29, 0.717) is 17.9 Å². The van der Waals surface area contributed by atoms with E-state index < -0.39 is 4.33 Å². The van der Waals surface area contributed by atoms with Crippen molar-refractivity contribution in [1.82, 2.24) is 10.7 Å². The van der Waals surface area contributed by atoms with Gasteiger partial charge in [0.2, 0.25) is 0 Å². The second-order valence-corrected chi connectivity index (χ2v) is 5.51. The molecule has 84 valence electrons. The standard InChI is InChI=1S/C7H12Cl2N2.C2H7N/c8-7(9)5-2-1-4(11-10)3-6(5)7;1-3-2/h4-6,11H,1-3,10H2;3H,1-2H3. The zero-order chi connectivity index (χ0) is 10.8. The Labute approximate surface area is 95.7 Å². The van der Waals surface area contributed by atoms with Gasteiger partial charge < -0.3 is 5.32 Å². The van der Waals surface area contributed by atoms with Gasteiger partial charge in [0.25, 0.3) is 0 Å². The molecule has 2 aliphatic rings. The molecule has 0 heterocycles. The Bertz CT molecular complexity index is 187. The van der Waals surface area contributed by atoms with Crippen LogP contribution in [-0.2, 0) is 0 Å². The van der Waals surface area contributed by atoms with Crippen molar-refractivity contribution in [2.75, 3.05) is 14.1 Å². The van der Waals surface area contributed by atoms with Crippen molar-refractivity contribution >= 4 is 23.2 Å². The predicted octanol–water partition coefficient (Wildman–Crippen LogP) is 1.26. The van der Waals surface area contributed by atoms with Crippen molar-refractivity contribution in [1.29, 1.82) is 0 Å². The molecule has 0 aromatic heterocycles. The lowest BCUT2D eigenvalue weighted by atomic mass is 9.96. The fraction of sp³-hybridized carbons (Fsp3) is 1.00. The van der Waals surface area contributed by atoms with E-state index in [2.05, 4.69) is 10.7 Å². The van der Waals surface area contributed by atoms with Gasteiger partial charge in [0.15, 0.2) is 0 Å². The molecule has 5 heteroatoms. The third-order valence-electron chi connectivity index (χ3n) is 2.97. The van der Waals surface area contributed by atoms with Crippen LogP contribution in [0.2, 0.25) is 0 Å². The highest BCUT2D eigenvalue weighted by Crippen LogP contribution is 2.65. The highest BCUT2D eigenvalue weighted by molar-refractivity contribution is 6.51. The molecule has 0 aromatic carbocycles. The summed E-state index contributed by atoms with van der Waals surface area (Å²) < 4.78 is -0.425. The first-order valence-corrected chi connectivity index (χ1v) is 5.75. The van der Waals surface area contributed by atoms with Gasteiger partial charge >= 0.3 is 0 Å². The summed E-state index contributed by atoms with van der Waals surface area (Å²) in [7, 11) is 3.75. The van der Waals surface area contributed by atoms with E-state index in [9.17, 15) is 0 Å². The van der Waals surface area contributed by atoms with Crippen molar-refractivity contribution in [3.05, 3.63) is 0 Å². The second-order valence-electron chi connectivity index (χ2n) is 4.06. The topological polar surface area (TPSA) is 50.1 Å². The van der Waals surface area contributed by atoms with E-state index in [1.165, 1.54) is 0 Å². The summed E-state index contributed by atoms with van der Waals surface area (Å²) in [6, 6.07) is 0.427. The fourth-order valence-electron chi connectivity index (χ4n) is 2.13. The number of alkyl halides is 2. The molecule has 2 fully saturated rings. The average Bonchev–Trinajstić information content (AvgIpc) is 2.70. The van der Waals surface area contributed by atoms with Crippen molar-refractivity contribution in [3.63, 3.8) is 0 Å². The van der Waals surface area contributed by atoms with Gasteiger partial charge in [-0.3, -0.25) is 11.3 Å². The third-order valence-corrected chi connectivity index (χ3v) is 4.09. The molecule has 0 aliphatic heterocycles. The lowest BCUT2D eigenvalue weighted by Gasteiger charge is -2.18. The fourth-order valence-corrected chi connectivity index (χ4v) is 3.01. The first-order valence-electron chi connectivity index (χ1n) is 5.00. The van der Waals surface area contributed by atoms with E-state index in [1.54, 1.807) is 0 Å². The van der Waals surface area contributed by atoms with Gasteiger partial charge in [0.1, 0.15) is 4.33 Å². The van der Waals surface area contributed by atoms with Crippen LogP contribution in [0.25, 0.3) is 0 Å². The largest absolute Gasteiger partial charge is 0.323 e. The Hall–Kier alpha value is 0.460. The molecule has 0 aromatic rings. The lowest BCUT2D eigenvalue weighted by molar-refractivity contribution is 0.365. The summed E-state index contributed by atoms with van der Waals surface area (Å²) in [6.07, 6.45) is 3.26. The summed E-state index contributed by atoms with van der Waals surface area (Å²) in [5.41, 5.74) is 2.78. The van der Waals surface area contributed by atoms with Gasteiger partial charge in [-0.1, -0.05) is 0 Å². The van der Waals surface area contributed by atoms with Crippen LogP contribution in [0.3, 0.4) is 0 Å². The zero-order valence-corrected chi connectivity index (χ0v) is 10.2. The Balaban J connectivity index is 0.000000293. The van der Waals surface area contributed by atoms with E-state index in [4.69, 9.17) is 29.0 Å². The molecule has 0 radical (unpaired) electrons. The summed E-state index contributed by atoms with van der Waals surface area (Å²) in [4.78, 5) is 0. The van der Waals surface area contributed by atoms with Gasteiger partial charge in [0.05, 0.1) is 0 Å². The average molecular weight is 240 g/mol. The van der Waals surface area contributed by atoms with Gasteiger partial charge in [-0.15, -0.1) is 23.2 Å². The molecule has 0 amide bonds. The van der Waals surface area contributed by atoms with E-state index in [0.717, 1.165) is 19.3 Å². The third kappa shape index (κ3) is 2.52. The quantitative estimate of drug-likeness (QED) is 0.367. The molecular formula is C9H19Cl2N3. The normalized spacial score (nSPS) is 37.9. The Morgan fingerprint density at radius 1 is 1.21 bits per heavy atom. The van der Waals surface area contributed by atoms with Crippen molar-refractivity contribution in [2.45, 2.75) is 29.6 Å². The Morgan fingerprint density at radius 3 is 2.21 bits per heavy atom. The number of hydrogen-bond acceptors (Lipinski definition) is 3. The summed E-state index contributed by atoms with van der Waals surface area (Å²) in [5, 5.41) is 2.75. The van der Waals surface area contributed by atoms with Crippen molar-refractivity contribution < 1.29 is 0 Å². The monoisotopic (exact) mass is 239 g/mol. The molecule has 0 spiro atoms. The van der Waals surface area contributed by atoms with E-state index >= 15 is 0 Å². The minimum Gasteiger partial charge on any atom is -0.323 e. The van der Waals surface area contributed by atoms with E-state index in [1.807, 2.05) is 14.1 Å². The zero-order valence-electron chi connectivity index (χ0n) is 8.69. The number of halogens is 2. The highest BCUT2D eigenvalue weighted by atomic mass is 35.5. The maximum absolute atomic E-state index is 6.03. The van der Waals surface area contributed by atoms with Crippen molar-refractivity contribution in [3.8, 4) is 0 Å². The first-order chi connectivity index (χ1) is 6.57. The van der Waals surface area contributed by atoms with Gasteiger partial charge in [-0.2, -0.15) is 0 Å². The Kier molecular flexibility index (Phi) is 4.47. The minimum absolute atomic E-state index is 0.425. The predicted molar refractivity (Wildman–Crippen MR) is 61.4 cm³/mol. The van der Waals surface area contributed by atoms with Crippen LogP contribution in [0.4, 0.5) is 0 Å². The van der Waals surface area contributed by atoms with Crippen LogP contribution in [0.5, 0.6) is 0 Å². The van der Waals surface area contributed by atoms with Gasteiger partial charge in [0, 0.05) is 6.04 Å². The van der Waals surface area contributed by atoms with E-state index in [-0.39, 0.29) is 0 Å². The van der Waals surface area contributed by atoms with Gasteiger partial charge in [-0.25, -0.2) is 0 Å². The second kappa shape index (κ2) is 4.99. The smallest absolute Gasteiger partial charge is 0.124 e. The molecule has 2 saturated carbocycles. The van der Waals surface area contributed by atoms with Crippen LogP contribution < -0.4 is 16.6 Å². The summed E-state index contributed by atoms with van der Waals surface area (Å²) >= 11 is 12.1. The number of nitrogens with one attached hydrogen (secondary N) is 2. The SMILES string of the molecule is CNC.NNC1CCC2C(C1)C2(Cl)Cl. The molecule has 14 heavy (non-hydrogen) atoms. The summed E-state index contributed by atoms with van der Waals surface area (Å²) in [5.74, 6) is 6.36. The molecule has 3 atom stereocenters. The first kappa shape index (κ1) is 12.5. The highest BCUT2D eigenvalue weighted by Gasteiger charge is 2.64. The molecule has 3 unspecified atom stereocenters. The minimum atomic E-state index is -0.425. The molecule has 4 N–H and O–H groups in total. The van der Waals surface area contributed by atoms with Crippen molar-refractivity contribution in [2.24, 2.45) is 17.7 Å². The van der Waals surface area contributed by atoms with Crippen LogP contribution in [-0.4, -0.2) is 24.5 Å². The number of hydrazine groups is 1. The number of fused-ring (bicyclic) bond motifs is 1. The van der Waals surface area contributed by atoms with Crippen LogP contribution in [0.1, 0.15) is 19.3 Å². The van der Waals surface area contributed by atoms with Crippen LogP contribution >= 0.6 is 23.2 Å². The lowest BCUT2D eigenvalue weighted by Crippen LogP contribution is -2.37. The molecule has 0 saturated heterocycles. The van der Waals surface area contributed by atoms with Gasteiger partial charge in [-0.05, 0) is 45.2 Å². The number of rotatable bonds is 1. The van der Waals surface area contributed by atoms with Crippen LogP contribution in [0, 0.1) is 11.8 Å². The molecule has 2 aliphatic carbocycles. The molecular weight excluding hydrogens is 221 g/mol. The number of nitrogens with two attached hydrogens (primary N) is 1. The summed E-state index contributed by atoms with van der Waals surface area (Å²) in [6.45, 7) is 0.